The fourth-order valence-corrected chi connectivity index (χ4v) is 4.32. The molecule has 1 amide bonds. The minimum atomic E-state index is -0.0619. The monoisotopic (exact) mass is 518 g/mol. The third-order valence-corrected chi connectivity index (χ3v) is 6.51. The van der Waals surface area contributed by atoms with Gasteiger partial charge in [0.1, 0.15) is 5.75 Å². The molecule has 186 valence electrons. The van der Waals surface area contributed by atoms with E-state index in [4.69, 9.17) is 11.6 Å². The maximum Gasteiger partial charge on any atom is 0.248 e. The first kappa shape index (κ1) is 27.2. The smallest absolute Gasteiger partial charge is 0.248 e. The number of para-hydroxylation sites is 1. The number of aryl methyl sites for hydroxylation is 1. The van der Waals surface area contributed by atoms with Crippen LogP contribution in [0.2, 0.25) is 5.02 Å². The van der Waals surface area contributed by atoms with E-state index in [1.165, 1.54) is 11.1 Å². The van der Waals surface area contributed by atoms with Crippen LogP contribution in [-0.4, -0.2) is 22.5 Å². The molecule has 0 spiro atoms. The molecule has 4 rings (SSSR count). The van der Waals surface area contributed by atoms with Gasteiger partial charge in [0.2, 0.25) is 5.91 Å². The van der Waals surface area contributed by atoms with E-state index in [0.717, 1.165) is 36.3 Å². The highest BCUT2D eigenvalue weighted by Gasteiger charge is 2.04. The molecule has 0 atom stereocenters. The van der Waals surface area contributed by atoms with E-state index in [0.29, 0.717) is 10.8 Å². The van der Waals surface area contributed by atoms with E-state index in [1.807, 2.05) is 36.4 Å². The second-order valence-corrected chi connectivity index (χ2v) is 9.66. The van der Waals surface area contributed by atoms with Crippen LogP contribution >= 0.6 is 23.4 Å². The van der Waals surface area contributed by atoms with Crippen molar-refractivity contribution in [2.45, 2.75) is 19.3 Å². The Balaban J connectivity index is 0.000000233. The summed E-state index contributed by atoms with van der Waals surface area (Å²) in [4.78, 5) is 11.7. The van der Waals surface area contributed by atoms with E-state index < -0.39 is 0 Å². The Kier molecular flexibility index (Phi) is 11.7. The van der Waals surface area contributed by atoms with Crippen LogP contribution in [0, 0.1) is 0 Å². The van der Waals surface area contributed by atoms with Gasteiger partial charge in [-0.1, -0.05) is 96.5 Å². The van der Waals surface area contributed by atoms with Gasteiger partial charge < -0.3 is 5.11 Å². The maximum absolute atomic E-state index is 11.7. The lowest BCUT2D eigenvalue weighted by molar-refractivity contribution is -0.118. The molecule has 4 aromatic rings. The summed E-state index contributed by atoms with van der Waals surface area (Å²) in [5.41, 5.74) is 9.99. The zero-order valence-electron chi connectivity index (χ0n) is 20.1. The summed E-state index contributed by atoms with van der Waals surface area (Å²) in [6, 6.07) is 35.7. The summed E-state index contributed by atoms with van der Waals surface area (Å²) in [7, 11) is 0. The van der Waals surface area contributed by atoms with Crippen molar-refractivity contribution in [3.63, 3.8) is 0 Å². The van der Waals surface area contributed by atoms with Gasteiger partial charge in [-0.05, 0) is 66.0 Å². The van der Waals surface area contributed by atoms with Crippen LogP contribution in [0.5, 0.6) is 5.75 Å². The number of benzene rings is 4. The van der Waals surface area contributed by atoms with Gasteiger partial charge in [0.05, 0.1) is 11.4 Å². The highest BCUT2D eigenvalue weighted by Crippen LogP contribution is 2.23. The van der Waals surface area contributed by atoms with Crippen LogP contribution in [0.1, 0.15) is 23.1 Å². The number of hydrazine groups is 1. The molecule has 4 aromatic carbocycles. The zero-order valence-corrected chi connectivity index (χ0v) is 21.6. The van der Waals surface area contributed by atoms with Crippen molar-refractivity contribution < 1.29 is 9.90 Å². The molecule has 0 heterocycles. The molecule has 0 aromatic heterocycles. The highest BCUT2D eigenvalue weighted by molar-refractivity contribution is 7.99. The fraction of sp³-hybridized carbons (Fsp3) is 0.167. The van der Waals surface area contributed by atoms with E-state index in [2.05, 4.69) is 71.5 Å². The predicted molar refractivity (Wildman–Crippen MR) is 153 cm³/mol. The van der Waals surface area contributed by atoms with Crippen molar-refractivity contribution in [1.29, 1.82) is 0 Å². The second-order valence-electron chi connectivity index (χ2n) is 8.12. The van der Waals surface area contributed by atoms with Crippen LogP contribution in [-0.2, 0) is 17.6 Å². The Morgan fingerprint density at radius 3 is 1.97 bits per heavy atom. The highest BCUT2D eigenvalue weighted by atomic mass is 35.5. The Hall–Kier alpha value is -3.41. The summed E-state index contributed by atoms with van der Waals surface area (Å²) >= 11 is 7.36. The molecule has 0 saturated heterocycles. The minimum absolute atomic E-state index is 0.0619. The molecule has 0 aliphatic heterocycles. The summed E-state index contributed by atoms with van der Waals surface area (Å²) in [5, 5.41) is 10.3. The number of carbonyl (C=O) groups excluding carboxylic acids is 1. The zero-order chi connectivity index (χ0) is 25.4. The lowest BCUT2D eigenvalue weighted by Crippen LogP contribution is -2.30. The van der Waals surface area contributed by atoms with Crippen LogP contribution in [0.15, 0.2) is 109 Å². The minimum Gasteiger partial charge on any atom is -0.508 e. The number of hydrogen-bond donors (Lipinski definition) is 3. The number of rotatable bonds is 10. The largest absolute Gasteiger partial charge is 0.508 e. The maximum atomic E-state index is 11.7. The molecular weight excluding hydrogens is 488 g/mol. The molecule has 0 aliphatic carbocycles. The lowest BCUT2D eigenvalue weighted by atomic mass is 10.1. The Bertz CT molecular complexity index is 1140. The van der Waals surface area contributed by atoms with Gasteiger partial charge in [0, 0.05) is 5.02 Å². The van der Waals surface area contributed by atoms with Crippen molar-refractivity contribution in [2.24, 2.45) is 0 Å². The third kappa shape index (κ3) is 10.5. The van der Waals surface area contributed by atoms with E-state index in [-0.39, 0.29) is 11.7 Å². The van der Waals surface area contributed by atoms with Gasteiger partial charge in [0.25, 0.3) is 0 Å². The first-order valence-corrected chi connectivity index (χ1v) is 13.4. The number of aromatic hydroxyl groups is 1. The van der Waals surface area contributed by atoms with Crippen molar-refractivity contribution in [3.8, 4) is 5.75 Å². The van der Waals surface area contributed by atoms with E-state index in [9.17, 15) is 9.90 Å². The number of anilines is 1. The number of carbonyl (C=O) groups is 1. The predicted octanol–water partition coefficient (Wildman–Crippen LogP) is 7.13. The quantitative estimate of drug-likeness (QED) is 0.154. The fourth-order valence-electron chi connectivity index (χ4n) is 3.40. The van der Waals surface area contributed by atoms with E-state index >= 15 is 0 Å². The molecule has 0 aliphatic rings. The number of phenolic OH excluding ortho intramolecular Hbond substituents is 1. The van der Waals surface area contributed by atoms with Crippen LogP contribution in [0.25, 0.3) is 0 Å². The number of amides is 1. The molecular formula is C30H31ClN2O2S. The summed E-state index contributed by atoms with van der Waals surface area (Å²) in [5.74, 6) is 1.41. The van der Waals surface area contributed by atoms with Crippen molar-refractivity contribution in [2.75, 3.05) is 16.9 Å². The Labute approximate surface area is 222 Å². The number of halogens is 1. The summed E-state index contributed by atoms with van der Waals surface area (Å²) < 4.78 is 0. The second kappa shape index (κ2) is 15.6. The molecule has 0 saturated carbocycles. The van der Waals surface area contributed by atoms with E-state index in [1.54, 1.807) is 23.9 Å². The number of hydrogen-bond acceptors (Lipinski definition) is 4. The topological polar surface area (TPSA) is 61.4 Å². The average molecular weight is 519 g/mol. The lowest BCUT2D eigenvalue weighted by Gasteiger charge is -2.08. The SMILES string of the molecule is O=C(CSCCCc1ccc(Cl)cc1O)NNc1ccccc1.c1ccc(Cc2ccccc2)cc1. The standard InChI is InChI=1S/C17H19ClN2O2S.C13H12/c18-14-9-8-13(16(21)11-14)5-4-10-23-12-17(22)20-19-15-6-2-1-3-7-15;1-3-7-12(8-4-1)11-13-9-5-2-6-10-13/h1-3,6-9,11,19,21H,4-5,10,12H2,(H,20,22);1-10H,11H2. The molecule has 3 N–H and O–H groups in total. The van der Waals surface area contributed by atoms with Crippen LogP contribution in [0.4, 0.5) is 5.69 Å². The number of nitrogens with one attached hydrogen (secondary N) is 2. The van der Waals surface area contributed by atoms with Gasteiger partial charge in [-0.3, -0.25) is 15.6 Å². The number of thioether (sulfide) groups is 1. The molecule has 0 bridgehead atoms. The van der Waals surface area contributed by atoms with Gasteiger partial charge >= 0.3 is 0 Å². The molecule has 36 heavy (non-hydrogen) atoms. The van der Waals surface area contributed by atoms with Gasteiger partial charge in [-0.25, -0.2) is 0 Å². The molecule has 0 unspecified atom stereocenters. The summed E-state index contributed by atoms with van der Waals surface area (Å²) in [6.45, 7) is 0. The summed E-state index contributed by atoms with van der Waals surface area (Å²) in [6.07, 6.45) is 2.68. The first-order valence-electron chi connectivity index (χ1n) is 11.8. The third-order valence-electron chi connectivity index (χ3n) is 5.23. The Morgan fingerprint density at radius 1 is 0.806 bits per heavy atom. The van der Waals surface area contributed by atoms with Gasteiger partial charge in [0.15, 0.2) is 0 Å². The van der Waals surface area contributed by atoms with Crippen LogP contribution in [0.3, 0.4) is 0 Å². The van der Waals surface area contributed by atoms with Crippen molar-refractivity contribution in [1.82, 2.24) is 5.43 Å². The van der Waals surface area contributed by atoms with Crippen molar-refractivity contribution >= 4 is 35.0 Å². The first-order chi connectivity index (χ1) is 17.6. The molecule has 0 fully saturated rings. The molecule has 0 radical (unpaired) electrons. The Morgan fingerprint density at radius 2 is 1.39 bits per heavy atom. The molecule has 4 nitrogen and oxygen atoms in total. The van der Waals surface area contributed by atoms with Gasteiger partial charge in [-0.15, -0.1) is 0 Å². The van der Waals surface area contributed by atoms with Crippen molar-refractivity contribution in [3.05, 3.63) is 131 Å². The molecule has 6 heteroatoms. The normalized spacial score (nSPS) is 10.1. The average Bonchev–Trinajstić information content (AvgIpc) is 2.90. The van der Waals surface area contributed by atoms with Gasteiger partial charge in [-0.2, -0.15) is 11.8 Å². The van der Waals surface area contributed by atoms with Crippen LogP contribution < -0.4 is 10.9 Å². The number of phenols is 1.